The molecule has 1 heterocycles. The molecule has 3 rings (SSSR count). The van der Waals surface area contributed by atoms with Crippen molar-refractivity contribution in [2.75, 3.05) is 19.6 Å². The van der Waals surface area contributed by atoms with Crippen LogP contribution in [0.15, 0.2) is 24.3 Å². The van der Waals surface area contributed by atoms with Crippen LogP contribution >= 0.6 is 11.6 Å². The predicted octanol–water partition coefficient (Wildman–Crippen LogP) is 3.87. The maximum Gasteiger partial charge on any atom is 0.0409 e. The molecule has 110 valence electrons. The van der Waals surface area contributed by atoms with Gasteiger partial charge in [-0.3, -0.25) is 0 Å². The molecule has 20 heavy (non-hydrogen) atoms. The van der Waals surface area contributed by atoms with Crippen LogP contribution in [0.4, 0.5) is 0 Å². The van der Waals surface area contributed by atoms with Crippen LogP contribution in [0.1, 0.15) is 44.2 Å². The van der Waals surface area contributed by atoms with Crippen molar-refractivity contribution >= 4 is 11.6 Å². The van der Waals surface area contributed by atoms with Crippen LogP contribution in [0.25, 0.3) is 0 Å². The second-order valence-electron chi connectivity index (χ2n) is 6.30. The van der Waals surface area contributed by atoms with Crippen molar-refractivity contribution < 1.29 is 0 Å². The van der Waals surface area contributed by atoms with E-state index in [9.17, 15) is 0 Å². The maximum absolute atomic E-state index is 6.10. The van der Waals surface area contributed by atoms with E-state index in [1.807, 2.05) is 12.1 Å². The summed E-state index contributed by atoms with van der Waals surface area (Å²) in [6.45, 7) is 5.98. The van der Waals surface area contributed by atoms with E-state index in [1.165, 1.54) is 37.9 Å². The first-order valence-corrected chi connectivity index (χ1v) is 8.37. The number of nitrogens with zero attached hydrogens (tertiary/aromatic N) is 1. The van der Waals surface area contributed by atoms with E-state index in [0.717, 1.165) is 29.9 Å². The van der Waals surface area contributed by atoms with Gasteiger partial charge in [-0.25, -0.2) is 0 Å². The van der Waals surface area contributed by atoms with Gasteiger partial charge in [0.2, 0.25) is 0 Å². The van der Waals surface area contributed by atoms with Gasteiger partial charge in [0.05, 0.1) is 0 Å². The van der Waals surface area contributed by atoms with Crippen LogP contribution in [-0.2, 0) is 0 Å². The Morgan fingerprint density at radius 1 is 1.35 bits per heavy atom. The van der Waals surface area contributed by atoms with E-state index in [4.69, 9.17) is 11.6 Å². The molecule has 2 aliphatic rings. The lowest BCUT2D eigenvalue weighted by molar-refractivity contribution is 0.309. The van der Waals surface area contributed by atoms with Crippen molar-refractivity contribution in [1.82, 2.24) is 10.2 Å². The molecule has 2 atom stereocenters. The number of nitrogens with one attached hydrogen (secondary N) is 1. The summed E-state index contributed by atoms with van der Waals surface area (Å²) in [5.74, 6) is 0.823. The molecule has 2 fully saturated rings. The van der Waals surface area contributed by atoms with Crippen molar-refractivity contribution in [3.05, 3.63) is 34.9 Å². The van der Waals surface area contributed by atoms with Crippen LogP contribution in [0, 0.1) is 5.92 Å². The average molecular weight is 293 g/mol. The molecule has 1 aromatic carbocycles. The fourth-order valence-corrected chi connectivity index (χ4v) is 3.53. The summed E-state index contributed by atoms with van der Waals surface area (Å²) in [5.41, 5.74) is 1.32. The highest BCUT2D eigenvalue weighted by Gasteiger charge is 2.34. The molecule has 1 saturated heterocycles. The van der Waals surface area contributed by atoms with Crippen molar-refractivity contribution in [3.8, 4) is 0 Å². The van der Waals surface area contributed by atoms with Crippen molar-refractivity contribution in [3.63, 3.8) is 0 Å². The number of rotatable bonds is 6. The smallest absolute Gasteiger partial charge is 0.0409 e. The second-order valence-corrected chi connectivity index (χ2v) is 6.74. The van der Waals surface area contributed by atoms with Gasteiger partial charge in [0, 0.05) is 23.7 Å². The third kappa shape index (κ3) is 3.55. The van der Waals surface area contributed by atoms with E-state index in [0.29, 0.717) is 6.04 Å². The van der Waals surface area contributed by atoms with Crippen LogP contribution in [0.3, 0.4) is 0 Å². The fraction of sp³-hybridized carbons (Fsp3) is 0.647. The van der Waals surface area contributed by atoms with E-state index >= 15 is 0 Å². The van der Waals surface area contributed by atoms with Gasteiger partial charge >= 0.3 is 0 Å². The maximum atomic E-state index is 6.10. The normalized spacial score (nSPS) is 25.0. The monoisotopic (exact) mass is 292 g/mol. The molecule has 2 nitrogen and oxygen atoms in total. The van der Waals surface area contributed by atoms with Gasteiger partial charge in [0.1, 0.15) is 0 Å². The largest absolute Gasteiger partial charge is 0.310 e. The minimum Gasteiger partial charge on any atom is -0.310 e. The van der Waals surface area contributed by atoms with Gasteiger partial charge < -0.3 is 10.2 Å². The number of halogens is 1. The summed E-state index contributed by atoms with van der Waals surface area (Å²) in [7, 11) is 0. The third-order valence-electron chi connectivity index (χ3n) is 4.69. The van der Waals surface area contributed by atoms with Crippen molar-refractivity contribution in [2.45, 2.75) is 44.7 Å². The highest BCUT2D eigenvalue weighted by molar-refractivity contribution is 6.30. The lowest BCUT2D eigenvalue weighted by Gasteiger charge is -2.21. The first-order chi connectivity index (χ1) is 9.76. The molecule has 0 spiro atoms. The summed E-state index contributed by atoms with van der Waals surface area (Å²) in [6.07, 6.45) is 5.33. The lowest BCUT2D eigenvalue weighted by Crippen LogP contribution is -2.30. The summed E-state index contributed by atoms with van der Waals surface area (Å²) in [6, 6.07) is 9.62. The molecule has 0 radical (unpaired) electrons. The highest BCUT2D eigenvalue weighted by atomic mass is 35.5. The van der Waals surface area contributed by atoms with Gasteiger partial charge in [-0.05, 0) is 62.4 Å². The molecule has 0 aromatic heterocycles. The highest BCUT2D eigenvalue weighted by Crippen LogP contribution is 2.31. The van der Waals surface area contributed by atoms with Crippen LogP contribution in [0.2, 0.25) is 5.02 Å². The molecular formula is C17H25ClN2. The Morgan fingerprint density at radius 2 is 2.20 bits per heavy atom. The van der Waals surface area contributed by atoms with E-state index < -0.39 is 0 Å². The van der Waals surface area contributed by atoms with Crippen molar-refractivity contribution in [2.24, 2.45) is 5.92 Å². The van der Waals surface area contributed by atoms with Gasteiger partial charge in [-0.2, -0.15) is 0 Å². The van der Waals surface area contributed by atoms with Crippen LogP contribution in [0.5, 0.6) is 0 Å². The molecule has 1 aromatic rings. The molecule has 3 heteroatoms. The number of benzene rings is 1. The Morgan fingerprint density at radius 3 is 2.90 bits per heavy atom. The molecule has 1 aliphatic carbocycles. The van der Waals surface area contributed by atoms with Crippen LogP contribution in [-0.4, -0.2) is 30.6 Å². The first kappa shape index (κ1) is 14.4. The molecule has 1 aliphatic heterocycles. The Balaban J connectivity index is 1.51. The molecule has 1 N–H and O–H groups in total. The van der Waals surface area contributed by atoms with Crippen molar-refractivity contribution in [1.29, 1.82) is 0 Å². The minimum absolute atomic E-state index is 0.434. The number of likely N-dealkylation sites (tertiary alicyclic amines) is 1. The quantitative estimate of drug-likeness (QED) is 0.856. The zero-order valence-electron chi connectivity index (χ0n) is 12.3. The standard InChI is InChI=1S/C17H25ClN2/c1-2-17(14-4-3-5-15(18)10-14)19-11-13-8-9-20(12-13)16-6-7-16/h3-5,10,13,16-17,19H,2,6-9,11-12H2,1H3. The van der Waals surface area contributed by atoms with E-state index in [2.05, 4.69) is 29.3 Å². The molecule has 0 amide bonds. The Bertz CT molecular complexity index is 444. The molecule has 0 bridgehead atoms. The minimum atomic E-state index is 0.434. The lowest BCUT2D eigenvalue weighted by atomic mass is 10.0. The topological polar surface area (TPSA) is 15.3 Å². The van der Waals surface area contributed by atoms with E-state index in [1.54, 1.807) is 0 Å². The SMILES string of the molecule is CCC(NCC1CCN(C2CC2)C1)c1cccc(Cl)c1. The molecule has 1 saturated carbocycles. The van der Waals surface area contributed by atoms with Crippen LogP contribution < -0.4 is 5.32 Å². The molecule has 2 unspecified atom stereocenters. The third-order valence-corrected chi connectivity index (χ3v) is 4.93. The predicted molar refractivity (Wildman–Crippen MR) is 85.2 cm³/mol. The van der Waals surface area contributed by atoms with Gasteiger partial charge in [-0.1, -0.05) is 30.7 Å². The van der Waals surface area contributed by atoms with E-state index in [-0.39, 0.29) is 0 Å². The van der Waals surface area contributed by atoms with Gasteiger partial charge in [0.25, 0.3) is 0 Å². The zero-order valence-corrected chi connectivity index (χ0v) is 13.1. The summed E-state index contributed by atoms with van der Waals surface area (Å²) < 4.78 is 0. The van der Waals surface area contributed by atoms with Gasteiger partial charge in [-0.15, -0.1) is 0 Å². The molecular weight excluding hydrogens is 268 g/mol. The second kappa shape index (κ2) is 6.46. The Labute approximate surface area is 127 Å². The Kier molecular flexibility index (Phi) is 4.65. The Hall–Kier alpha value is -0.570. The van der Waals surface area contributed by atoms with Gasteiger partial charge in [0.15, 0.2) is 0 Å². The number of hydrogen-bond acceptors (Lipinski definition) is 2. The number of hydrogen-bond donors (Lipinski definition) is 1. The zero-order chi connectivity index (χ0) is 13.9. The summed E-state index contributed by atoms with van der Waals surface area (Å²) >= 11 is 6.10. The summed E-state index contributed by atoms with van der Waals surface area (Å²) in [5, 5.41) is 4.59. The fourth-order valence-electron chi connectivity index (χ4n) is 3.33. The summed E-state index contributed by atoms with van der Waals surface area (Å²) in [4.78, 5) is 2.69. The first-order valence-electron chi connectivity index (χ1n) is 7.99. The average Bonchev–Trinajstić information content (AvgIpc) is 3.19.